The van der Waals surface area contributed by atoms with E-state index < -0.39 is 0 Å². The molecule has 6 heteroatoms. The van der Waals surface area contributed by atoms with Gasteiger partial charge in [0.05, 0.1) is 12.3 Å². The Morgan fingerprint density at radius 1 is 1.16 bits per heavy atom. The molecule has 6 nitrogen and oxygen atoms in total. The number of hydrogen-bond acceptors (Lipinski definition) is 4. The fraction of sp³-hybridized carbons (Fsp3) is 0.316. The molecule has 3 aromatic rings. The molecule has 1 amide bonds. The quantitative estimate of drug-likeness (QED) is 0.721. The number of furan rings is 1. The van der Waals surface area contributed by atoms with Gasteiger partial charge in [0.25, 0.3) is 11.5 Å². The maximum Gasteiger partial charge on any atom is 0.270 e. The summed E-state index contributed by atoms with van der Waals surface area (Å²) in [6.07, 6.45) is 8.50. The van der Waals surface area contributed by atoms with Crippen LogP contribution in [0, 0.1) is 0 Å². The molecule has 1 saturated heterocycles. The SMILES string of the molecule is O=C(c1cnc2ccccn2c1=O)N1CCCCC[C@H]1c1ccco1. The van der Waals surface area contributed by atoms with Gasteiger partial charge in [0, 0.05) is 18.9 Å². The van der Waals surface area contributed by atoms with Crippen molar-refractivity contribution in [3.05, 3.63) is 70.7 Å². The van der Waals surface area contributed by atoms with Crippen molar-refractivity contribution in [3.8, 4) is 0 Å². The molecule has 0 bridgehead atoms. The van der Waals surface area contributed by atoms with E-state index in [-0.39, 0.29) is 23.1 Å². The van der Waals surface area contributed by atoms with E-state index in [1.165, 1.54) is 10.6 Å². The number of pyridine rings is 1. The molecule has 1 fully saturated rings. The summed E-state index contributed by atoms with van der Waals surface area (Å²) in [5.74, 6) is 0.489. The molecule has 128 valence electrons. The second-order valence-corrected chi connectivity index (χ2v) is 6.28. The average molecular weight is 337 g/mol. The van der Waals surface area contributed by atoms with Gasteiger partial charge in [0.1, 0.15) is 17.0 Å². The zero-order valence-electron chi connectivity index (χ0n) is 13.8. The van der Waals surface area contributed by atoms with Crippen molar-refractivity contribution in [1.29, 1.82) is 0 Å². The van der Waals surface area contributed by atoms with Crippen LogP contribution < -0.4 is 5.56 Å². The molecular weight excluding hydrogens is 318 g/mol. The standard InChI is InChI=1S/C19H19N3O3/c23-18(14-13-20-17-9-3-5-11-22(17)19(14)24)21-10-4-1-2-7-15(21)16-8-6-12-25-16/h3,5-6,8-9,11-13,15H,1-2,4,7,10H2/t15-/m0/s1. The predicted molar refractivity (Wildman–Crippen MR) is 92.4 cm³/mol. The Morgan fingerprint density at radius 3 is 2.92 bits per heavy atom. The molecule has 4 rings (SSSR count). The first-order valence-electron chi connectivity index (χ1n) is 8.56. The molecule has 1 aliphatic heterocycles. The van der Waals surface area contributed by atoms with Crippen molar-refractivity contribution >= 4 is 11.6 Å². The highest BCUT2D eigenvalue weighted by Gasteiger charge is 2.30. The van der Waals surface area contributed by atoms with E-state index in [1.54, 1.807) is 29.5 Å². The van der Waals surface area contributed by atoms with Crippen molar-refractivity contribution in [2.75, 3.05) is 6.54 Å². The van der Waals surface area contributed by atoms with E-state index in [4.69, 9.17) is 4.42 Å². The minimum absolute atomic E-state index is 0.0992. The van der Waals surface area contributed by atoms with Crippen molar-refractivity contribution in [2.45, 2.75) is 31.7 Å². The number of aromatic nitrogens is 2. The Bertz CT molecular complexity index is 946. The molecule has 0 aliphatic carbocycles. The van der Waals surface area contributed by atoms with Gasteiger partial charge in [-0.15, -0.1) is 0 Å². The average Bonchev–Trinajstić information content (AvgIpc) is 3.06. The van der Waals surface area contributed by atoms with E-state index >= 15 is 0 Å². The summed E-state index contributed by atoms with van der Waals surface area (Å²) in [5.41, 5.74) is 0.294. The van der Waals surface area contributed by atoms with E-state index in [0.717, 1.165) is 31.4 Å². The number of amides is 1. The summed E-state index contributed by atoms with van der Waals surface area (Å²) in [7, 11) is 0. The van der Waals surface area contributed by atoms with Crippen LogP contribution in [0.2, 0.25) is 0 Å². The Hall–Kier alpha value is -2.89. The molecule has 3 aromatic heterocycles. The van der Waals surface area contributed by atoms with Crippen LogP contribution in [0.15, 0.2) is 58.2 Å². The van der Waals surface area contributed by atoms with Crippen molar-refractivity contribution in [3.63, 3.8) is 0 Å². The minimum atomic E-state index is -0.335. The van der Waals surface area contributed by atoms with Gasteiger partial charge >= 0.3 is 0 Å². The highest BCUT2D eigenvalue weighted by molar-refractivity contribution is 5.94. The third kappa shape index (κ3) is 2.84. The highest BCUT2D eigenvalue weighted by atomic mass is 16.3. The second-order valence-electron chi connectivity index (χ2n) is 6.28. The van der Waals surface area contributed by atoms with Crippen molar-refractivity contribution in [1.82, 2.24) is 14.3 Å². The molecule has 1 atom stereocenters. The van der Waals surface area contributed by atoms with Gasteiger partial charge in [0.2, 0.25) is 0 Å². The first kappa shape index (κ1) is 15.6. The lowest BCUT2D eigenvalue weighted by molar-refractivity contribution is 0.0656. The van der Waals surface area contributed by atoms with Gasteiger partial charge in [-0.1, -0.05) is 18.9 Å². The largest absolute Gasteiger partial charge is 0.467 e. The molecule has 1 aliphatic rings. The Kier molecular flexibility index (Phi) is 4.09. The number of fused-ring (bicyclic) bond motifs is 1. The second kappa shape index (κ2) is 6.55. The molecule has 0 saturated carbocycles. The number of rotatable bonds is 2. The lowest BCUT2D eigenvalue weighted by Gasteiger charge is -2.28. The summed E-state index contributed by atoms with van der Waals surface area (Å²) >= 11 is 0. The van der Waals surface area contributed by atoms with Crippen LogP contribution in [-0.2, 0) is 0 Å². The number of carbonyl (C=O) groups is 1. The Labute approximate surface area is 144 Å². The zero-order valence-corrected chi connectivity index (χ0v) is 13.8. The molecule has 4 heterocycles. The monoisotopic (exact) mass is 337 g/mol. The van der Waals surface area contributed by atoms with Gasteiger partial charge in [-0.05, 0) is 37.1 Å². The Morgan fingerprint density at radius 2 is 2.08 bits per heavy atom. The lowest BCUT2D eigenvalue weighted by atomic mass is 10.1. The maximum absolute atomic E-state index is 13.2. The normalized spacial score (nSPS) is 18.2. The van der Waals surface area contributed by atoms with Crippen LogP contribution in [-0.4, -0.2) is 26.7 Å². The van der Waals surface area contributed by atoms with Gasteiger partial charge in [-0.2, -0.15) is 0 Å². The smallest absolute Gasteiger partial charge is 0.270 e. The first-order chi connectivity index (χ1) is 12.3. The number of hydrogen-bond donors (Lipinski definition) is 0. The zero-order chi connectivity index (χ0) is 17.2. The first-order valence-corrected chi connectivity index (χ1v) is 8.56. The van der Waals surface area contributed by atoms with Crippen molar-refractivity contribution < 1.29 is 9.21 Å². The van der Waals surface area contributed by atoms with Crippen LogP contribution in [0.1, 0.15) is 47.8 Å². The van der Waals surface area contributed by atoms with Gasteiger partial charge < -0.3 is 9.32 Å². The van der Waals surface area contributed by atoms with Crippen LogP contribution in [0.5, 0.6) is 0 Å². The molecule has 0 aromatic carbocycles. The minimum Gasteiger partial charge on any atom is -0.467 e. The van der Waals surface area contributed by atoms with E-state index in [1.807, 2.05) is 18.2 Å². The maximum atomic E-state index is 13.2. The molecule has 0 unspecified atom stereocenters. The molecular formula is C19H19N3O3. The van der Waals surface area contributed by atoms with Crippen LogP contribution in [0.4, 0.5) is 0 Å². The molecule has 25 heavy (non-hydrogen) atoms. The van der Waals surface area contributed by atoms with E-state index in [2.05, 4.69) is 4.98 Å². The lowest BCUT2D eigenvalue weighted by Crippen LogP contribution is -2.38. The van der Waals surface area contributed by atoms with Gasteiger partial charge in [-0.3, -0.25) is 14.0 Å². The molecule has 0 radical (unpaired) electrons. The Balaban J connectivity index is 1.75. The summed E-state index contributed by atoms with van der Waals surface area (Å²) in [5, 5.41) is 0. The summed E-state index contributed by atoms with van der Waals surface area (Å²) < 4.78 is 6.96. The highest BCUT2D eigenvalue weighted by Crippen LogP contribution is 2.31. The summed E-state index contributed by atoms with van der Waals surface area (Å²) in [6, 6.07) is 8.89. The fourth-order valence-corrected chi connectivity index (χ4v) is 3.46. The molecule has 0 spiro atoms. The molecule has 0 N–H and O–H groups in total. The number of likely N-dealkylation sites (tertiary alicyclic amines) is 1. The van der Waals surface area contributed by atoms with Crippen LogP contribution in [0.3, 0.4) is 0 Å². The van der Waals surface area contributed by atoms with Crippen molar-refractivity contribution in [2.24, 2.45) is 0 Å². The van der Waals surface area contributed by atoms with E-state index in [0.29, 0.717) is 12.2 Å². The number of carbonyl (C=O) groups excluding carboxylic acids is 1. The van der Waals surface area contributed by atoms with Gasteiger partial charge in [-0.25, -0.2) is 4.98 Å². The van der Waals surface area contributed by atoms with E-state index in [9.17, 15) is 9.59 Å². The number of nitrogens with zero attached hydrogens (tertiary/aromatic N) is 3. The summed E-state index contributed by atoms with van der Waals surface area (Å²) in [6.45, 7) is 0.612. The topological polar surface area (TPSA) is 67.8 Å². The van der Waals surface area contributed by atoms with Crippen LogP contribution in [0.25, 0.3) is 5.65 Å². The van der Waals surface area contributed by atoms with Crippen LogP contribution >= 0.6 is 0 Å². The van der Waals surface area contributed by atoms with Gasteiger partial charge in [0.15, 0.2) is 0 Å². The fourth-order valence-electron chi connectivity index (χ4n) is 3.46. The predicted octanol–water partition coefficient (Wildman–Crippen LogP) is 3.05. The third-order valence-corrected chi connectivity index (χ3v) is 4.73. The third-order valence-electron chi connectivity index (χ3n) is 4.73. The summed E-state index contributed by atoms with van der Waals surface area (Å²) in [4.78, 5) is 31.9.